The number of urea groups is 1. The van der Waals surface area contributed by atoms with E-state index in [2.05, 4.69) is 10.6 Å². The van der Waals surface area contributed by atoms with Crippen molar-refractivity contribution < 1.29 is 14.7 Å². The molecule has 0 radical (unpaired) electrons. The van der Waals surface area contributed by atoms with Gasteiger partial charge in [-0.3, -0.25) is 0 Å². The van der Waals surface area contributed by atoms with E-state index < -0.39 is 12.0 Å². The molecule has 1 aromatic carbocycles. The van der Waals surface area contributed by atoms with Crippen LogP contribution in [0.4, 0.5) is 10.5 Å². The van der Waals surface area contributed by atoms with Gasteiger partial charge in [0.1, 0.15) is 0 Å². The van der Waals surface area contributed by atoms with Crippen molar-refractivity contribution in [2.75, 3.05) is 18.1 Å². The molecule has 0 unspecified atom stereocenters. The summed E-state index contributed by atoms with van der Waals surface area (Å²) in [5, 5.41) is 14.6. The van der Waals surface area contributed by atoms with Crippen molar-refractivity contribution in [1.82, 2.24) is 5.32 Å². The molecule has 0 heterocycles. The van der Waals surface area contributed by atoms with Gasteiger partial charge in [-0.1, -0.05) is 11.6 Å². The quantitative estimate of drug-likeness (QED) is 0.778. The molecule has 0 spiro atoms. The number of carboxylic acids is 1. The number of carbonyl (C=O) groups is 2. The second-order valence-corrected chi connectivity index (χ2v) is 6.72. The van der Waals surface area contributed by atoms with Crippen LogP contribution in [0.25, 0.3) is 0 Å². The van der Waals surface area contributed by atoms with Crippen LogP contribution in [-0.4, -0.2) is 34.7 Å². The van der Waals surface area contributed by atoms with Crippen LogP contribution in [0.2, 0.25) is 5.02 Å². The second kappa shape index (κ2) is 6.85. The van der Waals surface area contributed by atoms with Crippen LogP contribution in [-0.2, 0) is 0 Å². The first-order valence-corrected chi connectivity index (χ1v) is 7.48. The first-order valence-electron chi connectivity index (χ1n) is 5.88. The number of hydrogen-bond donors (Lipinski definition) is 3. The number of amides is 2. The summed E-state index contributed by atoms with van der Waals surface area (Å²) >= 11 is 7.37. The molecule has 110 valence electrons. The Labute approximate surface area is 127 Å². The fourth-order valence-electron chi connectivity index (χ4n) is 1.33. The molecule has 0 aliphatic heterocycles. The number of thioether (sulfide) groups is 1. The summed E-state index contributed by atoms with van der Waals surface area (Å²) in [6.45, 7) is 4.47. The van der Waals surface area contributed by atoms with Gasteiger partial charge in [-0.05, 0) is 38.3 Å². The normalized spacial score (nSPS) is 11.0. The number of halogens is 1. The monoisotopic (exact) mass is 316 g/mol. The molecular weight excluding hydrogens is 300 g/mol. The molecule has 1 rings (SSSR count). The van der Waals surface area contributed by atoms with Crippen LogP contribution in [0.15, 0.2) is 18.2 Å². The van der Waals surface area contributed by atoms with Gasteiger partial charge >= 0.3 is 12.0 Å². The number of carboxylic acid groups (broad SMARTS) is 1. The van der Waals surface area contributed by atoms with E-state index in [0.717, 1.165) is 0 Å². The molecule has 0 atom stereocenters. The molecule has 0 saturated carbocycles. The van der Waals surface area contributed by atoms with Gasteiger partial charge in [0.25, 0.3) is 0 Å². The Morgan fingerprint density at radius 2 is 2.05 bits per heavy atom. The lowest BCUT2D eigenvalue weighted by atomic mass is 10.2. The molecule has 0 aliphatic rings. The van der Waals surface area contributed by atoms with E-state index in [1.807, 2.05) is 20.1 Å². The van der Waals surface area contributed by atoms with Gasteiger partial charge in [0.2, 0.25) is 0 Å². The molecule has 0 aliphatic carbocycles. The molecule has 5 nitrogen and oxygen atoms in total. The Morgan fingerprint density at radius 1 is 1.40 bits per heavy atom. The first-order chi connectivity index (χ1) is 9.25. The third-order valence-electron chi connectivity index (χ3n) is 2.69. The minimum Gasteiger partial charge on any atom is -0.478 e. The minimum atomic E-state index is -1.15. The van der Waals surface area contributed by atoms with Gasteiger partial charge in [0.15, 0.2) is 0 Å². The Bertz CT molecular complexity index is 520. The summed E-state index contributed by atoms with van der Waals surface area (Å²) in [5.74, 6) is -1.15. The third-order valence-corrected chi connectivity index (χ3v) is 4.17. The molecule has 0 fully saturated rings. The largest absolute Gasteiger partial charge is 0.478 e. The van der Waals surface area contributed by atoms with Gasteiger partial charge in [-0.15, -0.1) is 0 Å². The van der Waals surface area contributed by atoms with Crippen LogP contribution in [0.5, 0.6) is 0 Å². The smallest absolute Gasteiger partial charge is 0.337 e. The molecular formula is C13H17ClN2O3S. The van der Waals surface area contributed by atoms with Crippen molar-refractivity contribution >= 4 is 41.1 Å². The highest BCUT2D eigenvalue weighted by molar-refractivity contribution is 7.99. The molecule has 3 N–H and O–H groups in total. The Hall–Kier alpha value is -1.40. The van der Waals surface area contributed by atoms with E-state index in [9.17, 15) is 9.59 Å². The summed E-state index contributed by atoms with van der Waals surface area (Å²) in [6, 6.07) is 3.84. The number of hydrogen-bond acceptors (Lipinski definition) is 3. The Balaban J connectivity index is 2.74. The van der Waals surface area contributed by atoms with Crippen molar-refractivity contribution in [2.45, 2.75) is 18.6 Å². The lowest BCUT2D eigenvalue weighted by Gasteiger charge is -2.22. The van der Waals surface area contributed by atoms with Crippen molar-refractivity contribution in [3.8, 4) is 0 Å². The molecule has 2 amide bonds. The van der Waals surface area contributed by atoms with Crippen LogP contribution in [0.3, 0.4) is 0 Å². The molecule has 0 aromatic heterocycles. The summed E-state index contributed by atoms with van der Waals surface area (Å²) in [5.41, 5.74) is 0.165. The number of nitrogens with one attached hydrogen (secondary N) is 2. The standard InChI is InChI=1S/C13H17ClN2O3S/c1-13(2,20-3)7-15-12(19)16-10-5-4-8(14)6-9(10)11(17)18/h4-6H,7H2,1-3H3,(H,17,18)(H2,15,16,19). The van der Waals surface area contributed by atoms with Crippen molar-refractivity contribution in [1.29, 1.82) is 0 Å². The lowest BCUT2D eigenvalue weighted by Crippen LogP contribution is -2.38. The van der Waals surface area contributed by atoms with Crippen LogP contribution in [0, 0.1) is 0 Å². The van der Waals surface area contributed by atoms with Gasteiger partial charge in [-0.2, -0.15) is 11.8 Å². The predicted octanol–water partition coefficient (Wildman–Crippen LogP) is 3.30. The van der Waals surface area contributed by atoms with E-state index in [4.69, 9.17) is 16.7 Å². The zero-order valence-corrected chi connectivity index (χ0v) is 13.1. The van der Waals surface area contributed by atoms with E-state index in [0.29, 0.717) is 11.6 Å². The van der Waals surface area contributed by atoms with Gasteiger partial charge in [0, 0.05) is 16.3 Å². The molecule has 0 saturated heterocycles. The maximum atomic E-state index is 11.8. The summed E-state index contributed by atoms with van der Waals surface area (Å²) in [7, 11) is 0. The first kappa shape index (κ1) is 16.7. The van der Waals surface area contributed by atoms with Gasteiger partial charge in [-0.25, -0.2) is 9.59 Å². The predicted molar refractivity (Wildman–Crippen MR) is 83.0 cm³/mol. The molecule has 7 heteroatoms. The van der Waals surface area contributed by atoms with Crippen molar-refractivity contribution in [3.05, 3.63) is 28.8 Å². The second-order valence-electron chi connectivity index (χ2n) is 4.77. The summed E-state index contributed by atoms with van der Waals surface area (Å²) in [4.78, 5) is 22.9. The van der Waals surface area contributed by atoms with Crippen molar-refractivity contribution in [2.24, 2.45) is 0 Å². The lowest BCUT2D eigenvalue weighted by molar-refractivity contribution is 0.0698. The van der Waals surface area contributed by atoms with E-state index in [1.54, 1.807) is 11.8 Å². The maximum absolute atomic E-state index is 11.8. The third kappa shape index (κ3) is 4.94. The minimum absolute atomic E-state index is 0.0447. The van der Waals surface area contributed by atoms with E-state index in [-0.39, 0.29) is 16.0 Å². The van der Waals surface area contributed by atoms with Crippen LogP contribution >= 0.6 is 23.4 Å². The molecule has 20 heavy (non-hydrogen) atoms. The van der Waals surface area contributed by atoms with Gasteiger partial charge in [0.05, 0.1) is 11.3 Å². The SMILES string of the molecule is CSC(C)(C)CNC(=O)Nc1ccc(Cl)cc1C(=O)O. The number of benzene rings is 1. The summed E-state index contributed by atoms with van der Waals surface area (Å²) < 4.78 is -0.0903. The maximum Gasteiger partial charge on any atom is 0.337 e. The highest BCUT2D eigenvalue weighted by Gasteiger charge is 2.18. The highest BCUT2D eigenvalue weighted by atomic mass is 35.5. The zero-order chi connectivity index (χ0) is 15.3. The van der Waals surface area contributed by atoms with E-state index >= 15 is 0 Å². The molecule has 1 aromatic rings. The van der Waals surface area contributed by atoms with Gasteiger partial charge < -0.3 is 15.7 Å². The zero-order valence-electron chi connectivity index (χ0n) is 11.5. The highest BCUT2D eigenvalue weighted by Crippen LogP contribution is 2.21. The fraction of sp³-hybridized carbons (Fsp3) is 0.385. The van der Waals surface area contributed by atoms with Crippen LogP contribution in [0.1, 0.15) is 24.2 Å². The number of rotatable bonds is 5. The number of carbonyl (C=O) groups excluding carboxylic acids is 1. The number of aromatic carboxylic acids is 1. The summed E-state index contributed by atoms with van der Waals surface area (Å²) in [6.07, 6.45) is 1.96. The fourth-order valence-corrected chi connectivity index (χ4v) is 1.72. The Morgan fingerprint density at radius 3 is 2.60 bits per heavy atom. The van der Waals surface area contributed by atoms with Crippen LogP contribution < -0.4 is 10.6 Å². The Kier molecular flexibility index (Phi) is 5.71. The van der Waals surface area contributed by atoms with E-state index in [1.165, 1.54) is 18.2 Å². The average Bonchev–Trinajstić information content (AvgIpc) is 2.38. The average molecular weight is 317 g/mol. The molecule has 0 bridgehead atoms. The number of anilines is 1. The topological polar surface area (TPSA) is 78.4 Å². The van der Waals surface area contributed by atoms with Crippen molar-refractivity contribution in [3.63, 3.8) is 0 Å².